The molecule has 0 bridgehead atoms. The Balaban J connectivity index is 4.75. The summed E-state index contributed by atoms with van der Waals surface area (Å²) in [6, 6.07) is -0.869. The van der Waals surface area contributed by atoms with E-state index in [1.54, 1.807) is 12.2 Å². The minimum atomic E-state index is -4.52. The molecule has 0 radical (unpaired) electrons. The lowest BCUT2D eigenvalue weighted by atomic mass is 10.1. The molecule has 0 rings (SSSR count). The second kappa shape index (κ2) is 15.1. The molecule has 0 saturated carbocycles. The Morgan fingerprint density at radius 1 is 1.17 bits per heavy atom. The summed E-state index contributed by atoms with van der Waals surface area (Å²) in [6.07, 6.45) is 8.20. The normalized spacial score (nSPS) is 16.5. The van der Waals surface area contributed by atoms with Crippen molar-refractivity contribution in [2.24, 2.45) is 0 Å². The van der Waals surface area contributed by atoms with E-state index >= 15 is 0 Å². The zero-order chi connectivity index (χ0) is 22.3. The number of amides is 1. The molecule has 0 aromatic rings. The Labute approximate surface area is 176 Å². The maximum atomic E-state index is 12.2. The van der Waals surface area contributed by atoms with Crippen molar-refractivity contribution in [2.75, 3.05) is 40.9 Å². The van der Waals surface area contributed by atoms with E-state index in [1.165, 1.54) is 0 Å². The zero-order valence-electron chi connectivity index (χ0n) is 18.8. The molecular weight excluding hydrogens is 395 g/mol. The number of phosphoric ester groups is 1. The molecule has 0 aromatic heterocycles. The number of unbranched alkanes of at least 4 members (excludes halogenated alkanes) is 4. The summed E-state index contributed by atoms with van der Waals surface area (Å²) in [4.78, 5) is 24.2. The largest absolute Gasteiger partial charge is 0.756 e. The summed E-state index contributed by atoms with van der Waals surface area (Å²) < 4.78 is 22.4. The fourth-order valence-corrected chi connectivity index (χ4v) is 3.11. The van der Waals surface area contributed by atoms with E-state index in [0.717, 1.165) is 38.5 Å². The van der Waals surface area contributed by atoms with Crippen LogP contribution in [0.5, 0.6) is 0 Å². The number of likely N-dealkylation sites (N-methyl/N-ethyl adjacent to an activating group) is 1. The summed E-state index contributed by atoms with van der Waals surface area (Å²) in [5.74, 6) is -0.232. The van der Waals surface area contributed by atoms with Gasteiger partial charge in [-0.15, -0.1) is 0 Å². The van der Waals surface area contributed by atoms with Crippen LogP contribution in [0.15, 0.2) is 12.2 Å². The molecule has 0 heterocycles. The number of allylic oxidation sites excluding steroid dienone is 1. The maximum Gasteiger partial charge on any atom is 0.268 e. The SMILES string of the molecule is CCC/C=C/C(O)C(COP(=O)([O-])OCC[N+](C)(C)C)NC(=O)CCCCCC. The number of phosphoric acid groups is 1. The van der Waals surface area contributed by atoms with E-state index in [0.29, 0.717) is 17.4 Å². The van der Waals surface area contributed by atoms with Gasteiger partial charge in [-0.3, -0.25) is 9.36 Å². The number of carbonyl (C=O) groups excluding carboxylic acids is 1. The molecule has 0 aliphatic carbocycles. The van der Waals surface area contributed by atoms with Gasteiger partial charge in [-0.1, -0.05) is 51.7 Å². The minimum absolute atomic E-state index is 0.00229. The van der Waals surface area contributed by atoms with Crippen molar-refractivity contribution in [3.63, 3.8) is 0 Å². The van der Waals surface area contributed by atoms with E-state index in [-0.39, 0.29) is 19.1 Å². The number of aliphatic hydroxyl groups excluding tert-OH is 1. The van der Waals surface area contributed by atoms with Crippen molar-refractivity contribution < 1.29 is 32.9 Å². The van der Waals surface area contributed by atoms with Crippen LogP contribution in [0, 0.1) is 0 Å². The molecule has 0 fully saturated rings. The van der Waals surface area contributed by atoms with Crippen LogP contribution in [-0.4, -0.2) is 68.5 Å². The Morgan fingerprint density at radius 3 is 2.45 bits per heavy atom. The van der Waals surface area contributed by atoms with Crippen molar-refractivity contribution in [2.45, 2.75) is 70.9 Å². The molecule has 0 aliphatic rings. The molecule has 0 spiro atoms. The van der Waals surface area contributed by atoms with Gasteiger partial charge in [0, 0.05) is 6.42 Å². The molecule has 172 valence electrons. The highest BCUT2D eigenvalue weighted by molar-refractivity contribution is 7.45. The van der Waals surface area contributed by atoms with E-state index in [9.17, 15) is 19.4 Å². The lowest BCUT2D eigenvalue weighted by Crippen LogP contribution is -2.45. The number of nitrogens with zero attached hydrogens (tertiary/aromatic N) is 1. The molecule has 9 heteroatoms. The molecule has 29 heavy (non-hydrogen) atoms. The number of carbonyl (C=O) groups is 1. The first kappa shape index (κ1) is 28.2. The monoisotopic (exact) mass is 436 g/mol. The smallest absolute Gasteiger partial charge is 0.268 e. The fourth-order valence-electron chi connectivity index (χ4n) is 2.39. The first-order valence-electron chi connectivity index (χ1n) is 10.6. The summed E-state index contributed by atoms with van der Waals surface area (Å²) in [7, 11) is 1.24. The molecule has 0 aliphatic heterocycles. The second-order valence-corrected chi connectivity index (χ2v) is 9.69. The Morgan fingerprint density at radius 2 is 1.86 bits per heavy atom. The standard InChI is InChI=1S/C20H41N2O6P/c1-6-8-10-12-14-20(24)21-18(19(23)13-11-9-7-2)17-28-29(25,26)27-16-15-22(3,4)5/h11,13,18-19,23H,6-10,12,14-17H2,1-5H3,(H-,21,24,25,26)/b13-11+. The second-order valence-electron chi connectivity index (χ2n) is 8.28. The first-order chi connectivity index (χ1) is 13.5. The van der Waals surface area contributed by atoms with Gasteiger partial charge in [0.25, 0.3) is 7.82 Å². The van der Waals surface area contributed by atoms with Gasteiger partial charge in [-0.2, -0.15) is 0 Å². The van der Waals surface area contributed by atoms with Gasteiger partial charge in [0.05, 0.1) is 39.9 Å². The first-order valence-corrected chi connectivity index (χ1v) is 12.0. The van der Waals surface area contributed by atoms with Gasteiger partial charge < -0.3 is 28.8 Å². The lowest BCUT2D eigenvalue weighted by molar-refractivity contribution is -0.870. The molecule has 0 aromatic carbocycles. The van der Waals surface area contributed by atoms with Crippen molar-refractivity contribution in [3.05, 3.63) is 12.2 Å². The summed E-state index contributed by atoms with van der Waals surface area (Å²) in [6.45, 7) is 4.21. The third-order valence-electron chi connectivity index (χ3n) is 4.23. The third-order valence-corrected chi connectivity index (χ3v) is 5.19. The van der Waals surface area contributed by atoms with Crippen LogP contribution in [0.25, 0.3) is 0 Å². The fraction of sp³-hybridized carbons (Fsp3) is 0.850. The van der Waals surface area contributed by atoms with E-state index < -0.39 is 20.0 Å². The number of hydrogen-bond donors (Lipinski definition) is 2. The van der Waals surface area contributed by atoms with Crippen molar-refractivity contribution in [3.8, 4) is 0 Å². The number of aliphatic hydroxyl groups is 1. The molecular formula is C20H41N2O6P. The topological polar surface area (TPSA) is 108 Å². The molecule has 8 nitrogen and oxygen atoms in total. The highest BCUT2D eigenvalue weighted by atomic mass is 31.2. The predicted octanol–water partition coefficient (Wildman–Crippen LogP) is 2.37. The van der Waals surface area contributed by atoms with Crippen LogP contribution in [0.2, 0.25) is 0 Å². The van der Waals surface area contributed by atoms with Gasteiger partial charge in [-0.05, 0) is 12.8 Å². The summed E-state index contributed by atoms with van der Waals surface area (Å²) in [5.41, 5.74) is 0. The van der Waals surface area contributed by atoms with Gasteiger partial charge in [0.2, 0.25) is 5.91 Å². The average Bonchev–Trinajstić information content (AvgIpc) is 2.61. The van der Waals surface area contributed by atoms with Crippen molar-refractivity contribution in [1.82, 2.24) is 5.32 Å². The van der Waals surface area contributed by atoms with E-state index in [1.807, 2.05) is 28.1 Å². The van der Waals surface area contributed by atoms with Crippen LogP contribution < -0.4 is 10.2 Å². The molecule has 2 N–H and O–H groups in total. The molecule has 0 saturated heterocycles. The lowest BCUT2D eigenvalue weighted by Gasteiger charge is -2.29. The number of rotatable bonds is 17. The molecule has 3 unspecified atom stereocenters. The quantitative estimate of drug-likeness (QED) is 0.157. The number of hydrogen-bond acceptors (Lipinski definition) is 6. The highest BCUT2D eigenvalue weighted by Gasteiger charge is 2.23. The third kappa shape index (κ3) is 16.7. The van der Waals surface area contributed by atoms with Gasteiger partial charge in [0.1, 0.15) is 13.2 Å². The Hall–Kier alpha value is -0.760. The minimum Gasteiger partial charge on any atom is -0.756 e. The number of nitrogens with one attached hydrogen (secondary N) is 1. The van der Waals surface area contributed by atoms with E-state index in [4.69, 9.17) is 9.05 Å². The van der Waals surface area contributed by atoms with Crippen LogP contribution in [0.3, 0.4) is 0 Å². The molecule has 1 amide bonds. The van der Waals surface area contributed by atoms with Crippen molar-refractivity contribution in [1.29, 1.82) is 0 Å². The Bertz CT molecular complexity index is 522. The van der Waals surface area contributed by atoms with Crippen LogP contribution >= 0.6 is 7.82 Å². The van der Waals surface area contributed by atoms with Crippen molar-refractivity contribution >= 4 is 13.7 Å². The van der Waals surface area contributed by atoms with Gasteiger partial charge in [-0.25, -0.2) is 0 Å². The average molecular weight is 437 g/mol. The van der Waals surface area contributed by atoms with Gasteiger partial charge in [0.15, 0.2) is 0 Å². The Kier molecular flexibility index (Phi) is 14.7. The zero-order valence-corrected chi connectivity index (χ0v) is 19.7. The molecule has 3 atom stereocenters. The van der Waals surface area contributed by atoms with Gasteiger partial charge >= 0.3 is 0 Å². The van der Waals surface area contributed by atoms with Crippen LogP contribution in [0.1, 0.15) is 58.8 Å². The highest BCUT2D eigenvalue weighted by Crippen LogP contribution is 2.38. The van der Waals surface area contributed by atoms with Crippen LogP contribution in [-0.2, 0) is 18.4 Å². The number of quaternary nitrogens is 1. The van der Waals surface area contributed by atoms with E-state index in [2.05, 4.69) is 12.2 Å². The van der Waals surface area contributed by atoms with Crippen LogP contribution in [0.4, 0.5) is 0 Å². The summed E-state index contributed by atoms with van der Waals surface area (Å²) in [5, 5.41) is 13.0. The summed E-state index contributed by atoms with van der Waals surface area (Å²) >= 11 is 0. The predicted molar refractivity (Wildman–Crippen MR) is 113 cm³/mol. The maximum absolute atomic E-state index is 12.2.